The average Bonchev–Trinajstić information content (AvgIpc) is 2.94. The van der Waals surface area contributed by atoms with Crippen LogP contribution in [0.1, 0.15) is 11.1 Å². The predicted molar refractivity (Wildman–Crippen MR) is 108 cm³/mol. The molecule has 1 unspecified atom stereocenters. The van der Waals surface area contributed by atoms with E-state index in [4.69, 9.17) is 0 Å². The molecule has 140 valence electrons. The van der Waals surface area contributed by atoms with Gasteiger partial charge in [-0.1, -0.05) is 36.0 Å². The van der Waals surface area contributed by atoms with Crippen LogP contribution < -0.4 is 15.5 Å². The Hall–Kier alpha value is -2.80. The van der Waals surface area contributed by atoms with Gasteiger partial charge in [-0.3, -0.25) is 19.7 Å². The zero-order valence-corrected chi connectivity index (χ0v) is 16.0. The smallest absolute Gasteiger partial charge is 0.286 e. The first-order valence-corrected chi connectivity index (χ1v) is 9.45. The maximum absolute atomic E-state index is 12.2. The second-order valence-electron chi connectivity index (χ2n) is 6.57. The molecule has 0 saturated carbocycles. The highest BCUT2D eigenvalue weighted by molar-refractivity contribution is 8.15. The molecule has 27 heavy (non-hydrogen) atoms. The van der Waals surface area contributed by atoms with Gasteiger partial charge in [0.05, 0.1) is 11.7 Å². The van der Waals surface area contributed by atoms with E-state index in [2.05, 4.69) is 10.6 Å². The number of carbonyl (C=O) groups excluding carboxylic acids is 3. The Bertz CT molecular complexity index is 848. The van der Waals surface area contributed by atoms with Gasteiger partial charge in [0, 0.05) is 25.5 Å². The molecule has 0 spiro atoms. The van der Waals surface area contributed by atoms with Crippen molar-refractivity contribution in [3.63, 3.8) is 0 Å². The van der Waals surface area contributed by atoms with Crippen molar-refractivity contribution in [1.82, 2.24) is 5.32 Å². The molecular weight excluding hydrogens is 362 g/mol. The van der Waals surface area contributed by atoms with Crippen LogP contribution in [-0.4, -0.2) is 36.4 Å². The zero-order valence-electron chi connectivity index (χ0n) is 15.2. The third kappa shape index (κ3) is 5.10. The van der Waals surface area contributed by atoms with Gasteiger partial charge < -0.3 is 10.2 Å². The fraction of sp³-hybridized carbons (Fsp3) is 0.250. The number of rotatable bonds is 6. The fourth-order valence-corrected chi connectivity index (χ4v) is 3.63. The number of amides is 3. The van der Waals surface area contributed by atoms with Gasteiger partial charge in [0.15, 0.2) is 0 Å². The van der Waals surface area contributed by atoms with Crippen molar-refractivity contribution < 1.29 is 14.4 Å². The van der Waals surface area contributed by atoms with Gasteiger partial charge in [0.2, 0.25) is 11.8 Å². The molecule has 3 rings (SSSR count). The minimum absolute atomic E-state index is 0.0864. The van der Waals surface area contributed by atoms with E-state index in [1.807, 2.05) is 67.5 Å². The molecule has 7 heteroatoms. The first-order valence-electron chi connectivity index (χ1n) is 8.57. The molecule has 1 fully saturated rings. The monoisotopic (exact) mass is 383 g/mol. The van der Waals surface area contributed by atoms with Crippen LogP contribution in [0, 0.1) is 0 Å². The Kier molecular flexibility index (Phi) is 5.81. The predicted octanol–water partition coefficient (Wildman–Crippen LogP) is 2.83. The van der Waals surface area contributed by atoms with Gasteiger partial charge in [-0.05, 0) is 41.8 Å². The average molecular weight is 383 g/mol. The number of hydrogen-bond donors (Lipinski definition) is 2. The lowest BCUT2D eigenvalue weighted by Gasteiger charge is -2.12. The van der Waals surface area contributed by atoms with Crippen molar-refractivity contribution in [3.8, 4) is 0 Å². The van der Waals surface area contributed by atoms with E-state index < -0.39 is 0 Å². The molecular formula is C20H21N3O3S. The summed E-state index contributed by atoms with van der Waals surface area (Å²) in [6.45, 7) is 0. The molecule has 3 amide bonds. The number of benzene rings is 2. The summed E-state index contributed by atoms with van der Waals surface area (Å²) in [5, 5.41) is 4.47. The Balaban J connectivity index is 1.53. The molecule has 6 nitrogen and oxygen atoms in total. The highest BCUT2D eigenvalue weighted by Crippen LogP contribution is 2.23. The third-order valence-corrected chi connectivity index (χ3v) is 5.22. The lowest BCUT2D eigenvalue weighted by Crippen LogP contribution is -2.25. The molecule has 1 saturated heterocycles. The third-order valence-electron chi connectivity index (χ3n) is 4.24. The number of nitrogens with zero attached hydrogens (tertiary/aromatic N) is 1. The maximum atomic E-state index is 12.2. The summed E-state index contributed by atoms with van der Waals surface area (Å²) >= 11 is 1.01. The molecule has 0 radical (unpaired) electrons. The summed E-state index contributed by atoms with van der Waals surface area (Å²) in [7, 11) is 3.95. The van der Waals surface area contributed by atoms with Crippen molar-refractivity contribution >= 4 is 40.2 Å². The van der Waals surface area contributed by atoms with Gasteiger partial charge >= 0.3 is 0 Å². The quantitative estimate of drug-likeness (QED) is 0.802. The van der Waals surface area contributed by atoms with Crippen LogP contribution in [0.5, 0.6) is 0 Å². The highest BCUT2D eigenvalue weighted by Gasteiger charge is 2.31. The largest absolute Gasteiger partial charge is 0.378 e. The SMILES string of the molecule is CN(C)c1ccc(CC(=O)Nc2ccc(CC3SC(=O)NC3=O)cc2)cc1. The summed E-state index contributed by atoms with van der Waals surface area (Å²) < 4.78 is 0. The van der Waals surface area contributed by atoms with Crippen LogP contribution >= 0.6 is 11.8 Å². The molecule has 0 aromatic heterocycles. The first-order chi connectivity index (χ1) is 12.9. The van der Waals surface area contributed by atoms with Crippen molar-refractivity contribution in [2.45, 2.75) is 18.1 Å². The summed E-state index contributed by atoms with van der Waals surface area (Å²) in [5.41, 5.74) is 3.68. The molecule has 2 aromatic rings. The molecule has 0 aliphatic carbocycles. The summed E-state index contributed by atoms with van der Waals surface area (Å²) in [6.07, 6.45) is 0.783. The minimum atomic E-state index is -0.386. The summed E-state index contributed by atoms with van der Waals surface area (Å²) in [6, 6.07) is 15.2. The maximum Gasteiger partial charge on any atom is 0.286 e. The van der Waals surface area contributed by atoms with Crippen molar-refractivity contribution in [3.05, 3.63) is 59.7 Å². The van der Waals surface area contributed by atoms with Gasteiger partial charge in [-0.2, -0.15) is 0 Å². The van der Waals surface area contributed by atoms with E-state index in [0.29, 0.717) is 18.5 Å². The van der Waals surface area contributed by atoms with Crippen LogP contribution in [0.4, 0.5) is 16.2 Å². The molecule has 1 heterocycles. The normalized spacial score (nSPS) is 16.1. The van der Waals surface area contributed by atoms with Crippen molar-refractivity contribution in [2.75, 3.05) is 24.3 Å². The van der Waals surface area contributed by atoms with Crippen LogP contribution in [-0.2, 0) is 22.4 Å². The molecule has 0 bridgehead atoms. The standard InChI is InChI=1S/C20H21N3O3S/c1-23(2)16-9-5-14(6-10-16)12-18(24)21-15-7-3-13(4-8-15)11-17-19(25)22-20(26)27-17/h3-10,17H,11-12H2,1-2H3,(H,21,24)(H,22,25,26). The summed E-state index contributed by atoms with van der Waals surface area (Å²) in [5.74, 6) is -0.334. The number of hydrogen-bond acceptors (Lipinski definition) is 5. The fourth-order valence-electron chi connectivity index (χ4n) is 2.77. The zero-order chi connectivity index (χ0) is 19.4. The number of carbonyl (C=O) groups is 3. The Morgan fingerprint density at radius 1 is 1.04 bits per heavy atom. The van der Waals surface area contributed by atoms with E-state index in [-0.39, 0.29) is 22.3 Å². The van der Waals surface area contributed by atoms with Gasteiger partial charge in [0.25, 0.3) is 5.24 Å². The Morgan fingerprint density at radius 2 is 1.67 bits per heavy atom. The van der Waals surface area contributed by atoms with Crippen LogP contribution in [0.2, 0.25) is 0 Å². The number of anilines is 2. The lowest BCUT2D eigenvalue weighted by atomic mass is 10.1. The second kappa shape index (κ2) is 8.26. The molecule has 1 aliphatic heterocycles. The lowest BCUT2D eigenvalue weighted by molar-refractivity contribution is -0.119. The first kappa shape index (κ1) is 19.0. The van der Waals surface area contributed by atoms with E-state index in [9.17, 15) is 14.4 Å². The van der Waals surface area contributed by atoms with Gasteiger partial charge in [0.1, 0.15) is 0 Å². The Morgan fingerprint density at radius 3 is 2.22 bits per heavy atom. The second-order valence-corrected chi connectivity index (χ2v) is 7.75. The van der Waals surface area contributed by atoms with Gasteiger partial charge in [-0.25, -0.2) is 0 Å². The van der Waals surface area contributed by atoms with Crippen LogP contribution in [0.25, 0.3) is 0 Å². The van der Waals surface area contributed by atoms with Crippen molar-refractivity contribution in [1.29, 1.82) is 0 Å². The molecule has 2 N–H and O–H groups in total. The molecule has 1 atom stereocenters. The van der Waals surface area contributed by atoms with Crippen LogP contribution in [0.15, 0.2) is 48.5 Å². The number of thioether (sulfide) groups is 1. The Labute approximate surface area is 162 Å². The van der Waals surface area contributed by atoms with Crippen molar-refractivity contribution in [2.24, 2.45) is 0 Å². The van der Waals surface area contributed by atoms with E-state index in [1.165, 1.54) is 0 Å². The van der Waals surface area contributed by atoms with Gasteiger partial charge in [-0.15, -0.1) is 0 Å². The minimum Gasteiger partial charge on any atom is -0.378 e. The number of imide groups is 1. The highest BCUT2D eigenvalue weighted by atomic mass is 32.2. The molecule has 1 aliphatic rings. The topological polar surface area (TPSA) is 78.5 Å². The molecule has 2 aromatic carbocycles. The summed E-state index contributed by atoms with van der Waals surface area (Å²) in [4.78, 5) is 37.1. The van der Waals surface area contributed by atoms with E-state index >= 15 is 0 Å². The van der Waals surface area contributed by atoms with E-state index in [1.54, 1.807) is 0 Å². The van der Waals surface area contributed by atoms with E-state index in [0.717, 1.165) is 28.6 Å². The number of nitrogens with one attached hydrogen (secondary N) is 2. The van der Waals surface area contributed by atoms with Crippen LogP contribution in [0.3, 0.4) is 0 Å².